The molecule has 0 bridgehead atoms. The van der Waals surface area contributed by atoms with E-state index < -0.39 is 18.6 Å². The molecule has 0 aromatic heterocycles. The first-order valence-electron chi connectivity index (χ1n) is 7.31. The highest BCUT2D eigenvalue weighted by molar-refractivity contribution is 5.78. The van der Waals surface area contributed by atoms with E-state index in [-0.39, 0.29) is 12.3 Å². The molecule has 1 aromatic carbocycles. The smallest absolute Gasteiger partial charge is 0.406 e. The van der Waals surface area contributed by atoms with Gasteiger partial charge in [-0.3, -0.25) is 9.69 Å². The number of benzene rings is 1. The Morgan fingerprint density at radius 2 is 1.74 bits per heavy atom. The monoisotopic (exact) mass is 331 g/mol. The standard InChI is InChI=1S/C15H20F3N3O2/c1-19(11-15(16,17)18)14(23)10-20-6-8-21(9-7-20)12-2-4-13(22)5-3-12/h2-5,22H,6-11H2,1H3. The molecule has 1 fully saturated rings. The number of hydrogen-bond acceptors (Lipinski definition) is 4. The van der Waals surface area contributed by atoms with Crippen LogP contribution in [0, 0.1) is 0 Å². The Hall–Kier alpha value is -1.96. The number of alkyl halides is 3. The summed E-state index contributed by atoms with van der Waals surface area (Å²) in [6, 6.07) is 6.84. The molecule has 0 radical (unpaired) electrons. The van der Waals surface area contributed by atoms with Gasteiger partial charge in [-0.15, -0.1) is 0 Å². The van der Waals surface area contributed by atoms with Crippen molar-refractivity contribution >= 4 is 11.6 Å². The molecule has 0 unspecified atom stereocenters. The molecular weight excluding hydrogens is 311 g/mol. The third kappa shape index (κ3) is 5.31. The number of phenols is 1. The number of carbonyl (C=O) groups is 1. The molecule has 2 rings (SSSR count). The molecule has 1 aromatic rings. The van der Waals surface area contributed by atoms with E-state index in [0.717, 1.165) is 5.69 Å². The van der Waals surface area contributed by atoms with E-state index in [4.69, 9.17) is 0 Å². The van der Waals surface area contributed by atoms with E-state index in [9.17, 15) is 23.1 Å². The zero-order valence-electron chi connectivity index (χ0n) is 12.9. The van der Waals surface area contributed by atoms with Crippen LogP contribution >= 0.6 is 0 Å². The van der Waals surface area contributed by atoms with Crippen molar-refractivity contribution in [1.29, 1.82) is 0 Å². The zero-order valence-corrected chi connectivity index (χ0v) is 12.9. The third-order valence-electron chi connectivity index (χ3n) is 3.79. The summed E-state index contributed by atoms with van der Waals surface area (Å²) in [6.07, 6.45) is -4.37. The van der Waals surface area contributed by atoms with Gasteiger partial charge in [0.2, 0.25) is 5.91 Å². The second-order valence-corrected chi connectivity index (χ2v) is 5.64. The number of piperazine rings is 1. The Morgan fingerprint density at radius 3 is 2.26 bits per heavy atom. The number of amides is 1. The molecule has 128 valence electrons. The highest BCUT2D eigenvalue weighted by Gasteiger charge is 2.31. The van der Waals surface area contributed by atoms with Crippen LogP contribution in [0.4, 0.5) is 18.9 Å². The second-order valence-electron chi connectivity index (χ2n) is 5.64. The van der Waals surface area contributed by atoms with Crippen LogP contribution in [-0.2, 0) is 4.79 Å². The molecule has 1 heterocycles. The lowest BCUT2D eigenvalue weighted by atomic mass is 10.2. The number of aromatic hydroxyl groups is 1. The Bertz CT molecular complexity index is 526. The summed E-state index contributed by atoms with van der Waals surface area (Å²) in [6.45, 7) is 1.34. The summed E-state index contributed by atoms with van der Waals surface area (Å²) >= 11 is 0. The largest absolute Gasteiger partial charge is 0.508 e. The van der Waals surface area contributed by atoms with Gasteiger partial charge in [0.25, 0.3) is 0 Å². The van der Waals surface area contributed by atoms with E-state index in [0.29, 0.717) is 31.1 Å². The van der Waals surface area contributed by atoms with E-state index in [2.05, 4.69) is 4.90 Å². The van der Waals surface area contributed by atoms with Crippen LogP contribution in [0.2, 0.25) is 0 Å². The molecule has 0 spiro atoms. The minimum absolute atomic E-state index is 0.00397. The van der Waals surface area contributed by atoms with Gasteiger partial charge in [0.15, 0.2) is 0 Å². The fraction of sp³-hybridized carbons (Fsp3) is 0.533. The molecule has 8 heteroatoms. The van der Waals surface area contributed by atoms with Crippen LogP contribution in [0.15, 0.2) is 24.3 Å². The van der Waals surface area contributed by atoms with Crippen molar-refractivity contribution in [3.8, 4) is 5.75 Å². The van der Waals surface area contributed by atoms with E-state index in [1.807, 2.05) is 17.0 Å². The number of anilines is 1. The summed E-state index contributed by atoms with van der Waals surface area (Å²) in [4.78, 5) is 16.5. The summed E-state index contributed by atoms with van der Waals surface area (Å²) in [5.74, 6) is -0.328. The van der Waals surface area contributed by atoms with Gasteiger partial charge in [-0.2, -0.15) is 13.2 Å². The van der Waals surface area contributed by atoms with Gasteiger partial charge in [-0.1, -0.05) is 0 Å². The predicted molar refractivity (Wildman–Crippen MR) is 80.5 cm³/mol. The fourth-order valence-electron chi connectivity index (χ4n) is 2.50. The lowest BCUT2D eigenvalue weighted by Gasteiger charge is -2.36. The Kier molecular flexibility index (Phi) is 5.35. The predicted octanol–water partition coefficient (Wildman–Crippen LogP) is 1.53. The van der Waals surface area contributed by atoms with Crippen LogP contribution in [0.5, 0.6) is 5.75 Å². The highest BCUT2D eigenvalue weighted by Crippen LogP contribution is 2.20. The summed E-state index contributed by atoms with van der Waals surface area (Å²) < 4.78 is 36.8. The van der Waals surface area contributed by atoms with Gasteiger partial charge in [-0.25, -0.2) is 0 Å². The lowest BCUT2D eigenvalue weighted by Crippen LogP contribution is -2.50. The van der Waals surface area contributed by atoms with Crippen molar-refractivity contribution in [2.75, 3.05) is 51.2 Å². The van der Waals surface area contributed by atoms with Crippen molar-refractivity contribution in [3.05, 3.63) is 24.3 Å². The van der Waals surface area contributed by atoms with Gasteiger partial charge in [0.05, 0.1) is 6.54 Å². The van der Waals surface area contributed by atoms with Crippen molar-refractivity contribution in [1.82, 2.24) is 9.80 Å². The fourth-order valence-corrected chi connectivity index (χ4v) is 2.50. The van der Waals surface area contributed by atoms with Crippen molar-refractivity contribution in [3.63, 3.8) is 0 Å². The molecule has 1 aliphatic heterocycles. The van der Waals surface area contributed by atoms with Crippen molar-refractivity contribution in [2.45, 2.75) is 6.18 Å². The SMILES string of the molecule is CN(CC(F)(F)F)C(=O)CN1CCN(c2ccc(O)cc2)CC1. The first kappa shape index (κ1) is 17.4. The van der Waals surface area contributed by atoms with E-state index >= 15 is 0 Å². The minimum atomic E-state index is -4.37. The maximum Gasteiger partial charge on any atom is 0.406 e. The number of hydrogen-bond donors (Lipinski definition) is 1. The number of halogens is 3. The van der Waals surface area contributed by atoms with Gasteiger partial charge < -0.3 is 14.9 Å². The van der Waals surface area contributed by atoms with E-state index in [1.165, 1.54) is 7.05 Å². The highest BCUT2D eigenvalue weighted by atomic mass is 19.4. The van der Waals surface area contributed by atoms with E-state index in [1.54, 1.807) is 12.1 Å². The molecule has 1 aliphatic rings. The normalized spacial score (nSPS) is 16.4. The number of phenolic OH excluding ortho intramolecular Hbond substituents is 1. The molecule has 5 nitrogen and oxygen atoms in total. The Morgan fingerprint density at radius 1 is 1.17 bits per heavy atom. The van der Waals surface area contributed by atoms with Gasteiger partial charge in [0, 0.05) is 38.9 Å². The molecule has 0 atom stereocenters. The van der Waals surface area contributed by atoms with Crippen LogP contribution in [0.3, 0.4) is 0 Å². The van der Waals surface area contributed by atoms with Crippen LogP contribution in [-0.4, -0.2) is 73.3 Å². The average molecular weight is 331 g/mol. The summed E-state index contributed by atoms with van der Waals surface area (Å²) in [7, 11) is 1.17. The maximum atomic E-state index is 12.3. The number of carbonyl (C=O) groups excluding carboxylic acids is 1. The second kappa shape index (κ2) is 7.08. The van der Waals surface area contributed by atoms with Crippen LogP contribution in [0.25, 0.3) is 0 Å². The first-order chi connectivity index (χ1) is 10.7. The quantitative estimate of drug-likeness (QED) is 0.909. The zero-order chi connectivity index (χ0) is 17.0. The topological polar surface area (TPSA) is 47.0 Å². The number of rotatable bonds is 4. The maximum absolute atomic E-state index is 12.3. The molecule has 1 saturated heterocycles. The number of likely N-dealkylation sites (N-methyl/N-ethyl adjacent to an activating group) is 1. The lowest BCUT2D eigenvalue weighted by molar-refractivity contribution is -0.159. The summed E-state index contributed by atoms with van der Waals surface area (Å²) in [5.41, 5.74) is 0.975. The van der Waals surface area contributed by atoms with Gasteiger partial charge >= 0.3 is 6.18 Å². The average Bonchev–Trinajstić information content (AvgIpc) is 2.47. The Labute approximate surface area is 132 Å². The van der Waals surface area contributed by atoms with Gasteiger partial charge in [-0.05, 0) is 24.3 Å². The Balaban J connectivity index is 1.80. The molecule has 1 amide bonds. The molecule has 23 heavy (non-hydrogen) atoms. The van der Waals surface area contributed by atoms with Crippen molar-refractivity contribution < 1.29 is 23.1 Å². The minimum Gasteiger partial charge on any atom is -0.508 e. The summed E-state index contributed by atoms with van der Waals surface area (Å²) in [5, 5.41) is 9.28. The molecule has 0 saturated carbocycles. The first-order valence-corrected chi connectivity index (χ1v) is 7.31. The van der Waals surface area contributed by atoms with Gasteiger partial charge in [0.1, 0.15) is 12.3 Å². The van der Waals surface area contributed by atoms with Crippen LogP contribution < -0.4 is 4.90 Å². The van der Waals surface area contributed by atoms with Crippen LogP contribution in [0.1, 0.15) is 0 Å². The van der Waals surface area contributed by atoms with Crippen molar-refractivity contribution in [2.24, 2.45) is 0 Å². The number of nitrogens with zero attached hydrogens (tertiary/aromatic N) is 3. The molecule has 1 N–H and O–H groups in total. The molecular formula is C15H20F3N3O2. The molecule has 0 aliphatic carbocycles. The third-order valence-corrected chi connectivity index (χ3v) is 3.79.